The highest BCUT2D eigenvalue weighted by atomic mass is 32.1. The Bertz CT molecular complexity index is 285. The average Bonchev–Trinajstić information content (AvgIpc) is 2.87. The molecule has 72 valence electrons. The lowest BCUT2D eigenvalue weighted by atomic mass is 10.2. The molecular weight excluding hydrogens is 186 g/mol. The number of rotatable bonds is 4. The van der Waals surface area contributed by atoms with Crippen LogP contribution in [0.15, 0.2) is 0 Å². The molecule has 5 heteroatoms. The van der Waals surface area contributed by atoms with E-state index in [0.29, 0.717) is 12.5 Å². The zero-order chi connectivity index (χ0) is 9.26. The summed E-state index contributed by atoms with van der Waals surface area (Å²) < 4.78 is 4.04. The Morgan fingerprint density at radius 1 is 1.69 bits per heavy atom. The molecule has 0 saturated heterocycles. The number of anilines is 1. The van der Waals surface area contributed by atoms with Crippen LogP contribution in [0.2, 0.25) is 0 Å². The summed E-state index contributed by atoms with van der Waals surface area (Å²) in [6.07, 6.45) is 2.11. The molecular formula is C8H13N3OS. The van der Waals surface area contributed by atoms with Crippen LogP contribution in [0.25, 0.3) is 0 Å². The Morgan fingerprint density at radius 2 is 2.46 bits per heavy atom. The van der Waals surface area contributed by atoms with Crippen molar-refractivity contribution in [2.24, 2.45) is 5.92 Å². The van der Waals surface area contributed by atoms with Crippen LogP contribution in [-0.4, -0.2) is 27.1 Å². The molecule has 2 rings (SSSR count). The summed E-state index contributed by atoms with van der Waals surface area (Å²) in [6.45, 7) is 2.46. The first kappa shape index (κ1) is 8.90. The Hall–Kier alpha value is -0.680. The number of hydrogen-bond donors (Lipinski definition) is 2. The molecule has 1 fully saturated rings. The molecule has 1 aliphatic carbocycles. The van der Waals surface area contributed by atoms with Crippen LogP contribution >= 0.6 is 11.5 Å². The van der Waals surface area contributed by atoms with Gasteiger partial charge in [0.15, 0.2) is 0 Å². The minimum atomic E-state index is -0.218. The SMILES string of the molecule is Cc1nsc(NCC(O)C2CC2)n1. The highest BCUT2D eigenvalue weighted by Crippen LogP contribution is 2.32. The summed E-state index contributed by atoms with van der Waals surface area (Å²) in [5, 5.41) is 13.4. The smallest absolute Gasteiger partial charge is 0.202 e. The van der Waals surface area contributed by atoms with E-state index < -0.39 is 0 Å². The van der Waals surface area contributed by atoms with E-state index in [1.807, 2.05) is 6.92 Å². The lowest BCUT2D eigenvalue weighted by molar-refractivity contribution is 0.164. The number of hydrogen-bond acceptors (Lipinski definition) is 5. The van der Waals surface area contributed by atoms with E-state index in [0.717, 1.165) is 23.8 Å². The van der Waals surface area contributed by atoms with E-state index in [1.165, 1.54) is 11.5 Å². The number of aliphatic hydroxyl groups excluding tert-OH is 1. The molecule has 0 aromatic carbocycles. The maximum absolute atomic E-state index is 9.55. The number of aliphatic hydroxyl groups is 1. The van der Waals surface area contributed by atoms with Gasteiger partial charge in [-0.25, -0.2) is 4.98 Å². The summed E-state index contributed by atoms with van der Waals surface area (Å²) in [6, 6.07) is 0. The molecule has 1 saturated carbocycles. The average molecular weight is 199 g/mol. The van der Waals surface area contributed by atoms with Gasteiger partial charge in [0.1, 0.15) is 5.82 Å². The standard InChI is InChI=1S/C8H13N3OS/c1-5-10-8(13-11-5)9-4-7(12)6-2-3-6/h6-7,12H,2-4H2,1H3,(H,9,10,11). The fourth-order valence-electron chi connectivity index (χ4n) is 1.21. The van der Waals surface area contributed by atoms with E-state index in [4.69, 9.17) is 0 Å². The van der Waals surface area contributed by atoms with Crippen molar-refractivity contribution in [1.29, 1.82) is 0 Å². The van der Waals surface area contributed by atoms with Gasteiger partial charge in [-0.3, -0.25) is 0 Å². The molecule has 0 radical (unpaired) electrons. The Labute approximate surface area is 81.2 Å². The van der Waals surface area contributed by atoms with E-state index >= 15 is 0 Å². The normalized spacial score (nSPS) is 18.6. The van der Waals surface area contributed by atoms with Crippen LogP contribution in [0.1, 0.15) is 18.7 Å². The van der Waals surface area contributed by atoms with Crippen molar-refractivity contribution in [1.82, 2.24) is 9.36 Å². The summed E-state index contributed by atoms with van der Waals surface area (Å²) in [7, 11) is 0. The monoisotopic (exact) mass is 199 g/mol. The molecule has 1 unspecified atom stereocenters. The van der Waals surface area contributed by atoms with Crippen LogP contribution in [0.3, 0.4) is 0 Å². The Kier molecular flexibility index (Phi) is 2.46. The van der Waals surface area contributed by atoms with Crippen LogP contribution in [-0.2, 0) is 0 Å². The second-order valence-corrected chi connectivity index (χ2v) is 4.18. The molecule has 0 spiro atoms. The van der Waals surface area contributed by atoms with Crippen LogP contribution in [0.4, 0.5) is 5.13 Å². The Balaban J connectivity index is 1.78. The molecule has 0 aliphatic heterocycles. The van der Waals surface area contributed by atoms with Gasteiger partial charge < -0.3 is 10.4 Å². The molecule has 1 aliphatic rings. The lowest BCUT2D eigenvalue weighted by Crippen LogP contribution is -2.21. The molecule has 0 bridgehead atoms. The first-order valence-corrected chi connectivity index (χ1v) is 5.25. The van der Waals surface area contributed by atoms with Crippen LogP contribution in [0.5, 0.6) is 0 Å². The molecule has 4 nitrogen and oxygen atoms in total. The summed E-state index contributed by atoms with van der Waals surface area (Å²) >= 11 is 1.34. The third-order valence-electron chi connectivity index (χ3n) is 2.16. The number of aromatic nitrogens is 2. The van der Waals surface area contributed by atoms with Gasteiger partial charge >= 0.3 is 0 Å². The van der Waals surface area contributed by atoms with E-state index in [2.05, 4.69) is 14.7 Å². The van der Waals surface area contributed by atoms with Crippen molar-refractivity contribution in [2.45, 2.75) is 25.9 Å². The number of nitrogens with one attached hydrogen (secondary N) is 1. The summed E-state index contributed by atoms with van der Waals surface area (Å²) in [5.74, 6) is 1.30. The Morgan fingerprint density at radius 3 is 3.00 bits per heavy atom. The van der Waals surface area contributed by atoms with Gasteiger partial charge in [0.05, 0.1) is 6.10 Å². The fourth-order valence-corrected chi connectivity index (χ4v) is 1.79. The van der Waals surface area contributed by atoms with Gasteiger partial charge in [0.2, 0.25) is 5.13 Å². The maximum atomic E-state index is 9.55. The van der Waals surface area contributed by atoms with Crippen LogP contribution in [0, 0.1) is 12.8 Å². The van der Waals surface area contributed by atoms with Gasteiger partial charge in [0, 0.05) is 18.1 Å². The van der Waals surface area contributed by atoms with Gasteiger partial charge in [0.25, 0.3) is 0 Å². The second kappa shape index (κ2) is 3.59. The van der Waals surface area contributed by atoms with E-state index in [1.54, 1.807) is 0 Å². The van der Waals surface area contributed by atoms with Crippen molar-refractivity contribution in [3.05, 3.63) is 5.82 Å². The van der Waals surface area contributed by atoms with Crippen molar-refractivity contribution in [3.63, 3.8) is 0 Å². The van der Waals surface area contributed by atoms with Crippen molar-refractivity contribution in [2.75, 3.05) is 11.9 Å². The molecule has 1 aromatic rings. The predicted molar refractivity (Wildman–Crippen MR) is 51.9 cm³/mol. The molecule has 1 heterocycles. The van der Waals surface area contributed by atoms with E-state index in [-0.39, 0.29) is 6.10 Å². The predicted octanol–water partition coefficient (Wildman–Crippen LogP) is 1.03. The van der Waals surface area contributed by atoms with Gasteiger partial charge in [-0.15, -0.1) is 0 Å². The second-order valence-electron chi connectivity index (χ2n) is 3.43. The minimum absolute atomic E-state index is 0.218. The fraction of sp³-hybridized carbons (Fsp3) is 0.750. The summed E-state index contributed by atoms with van der Waals surface area (Å²) in [4.78, 5) is 4.15. The molecule has 2 N–H and O–H groups in total. The molecule has 0 amide bonds. The molecule has 1 atom stereocenters. The number of aryl methyl sites for hydroxylation is 1. The zero-order valence-corrected chi connectivity index (χ0v) is 8.34. The quantitative estimate of drug-likeness (QED) is 0.760. The molecule has 13 heavy (non-hydrogen) atoms. The van der Waals surface area contributed by atoms with Gasteiger partial charge in [-0.1, -0.05) is 0 Å². The highest BCUT2D eigenvalue weighted by Gasteiger charge is 2.29. The first-order chi connectivity index (χ1) is 6.25. The first-order valence-electron chi connectivity index (χ1n) is 4.48. The van der Waals surface area contributed by atoms with Gasteiger partial charge in [-0.05, 0) is 25.7 Å². The maximum Gasteiger partial charge on any atom is 0.202 e. The third-order valence-corrected chi connectivity index (χ3v) is 2.92. The topological polar surface area (TPSA) is 58.0 Å². The highest BCUT2D eigenvalue weighted by molar-refractivity contribution is 7.09. The number of nitrogens with zero attached hydrogens (tertiary/aromatic N) is 2. The van der Waals surface area contributed by atoms with Crippen molar-refractivity contribution < 1.29 is 5.11 Å². The third kappa shape index (κ3) is 2.38. The van der Waals surface area contributed by atoms with Crippen molar-refractivity contribution >= 4 is 16.7 Å². The largest absolute Gasteiger partial charge is 0.391 e. The lowest BCUT2D eigenvalue weighted by Gasteiger charge is -2.08. The zero-order valence-electron chi connectivity index (χ0n) is 7.53. The van der Waals surface area contributed by atoms with Crippen LogP contribution < -0.4 is 5.32 Å². The van der Waals surface area contributed by atoms with Crippen molar-refractivity contribution in [3.8, 4) is 0 Å². The minimum Gasteiger partial charge on any atom is -0.391 e. The van der Waals surface area contributed by atoms with Gasteiger partial charge in [-0.2, -0.15) is 4.37 Å². The molecule has 1 aromatic heterocycles. The van der Waals surface area contributed by atoms with E-state index in [9.17, 15) is 5.11 Å². The summed E-state index contributed by atoms with van der Waals surface area (Å²) in [5.41, 5.74) is 0.